The minimum absolute atomic E-state index is 0.0167. The lowest BCUT2D eigenvalue weighted by Gasteiger charge is -2.06. The molecule has 0 aliphatic carbocycles. The number of benzene rings is 1. The summed E-state index contributed by atoms with van der Waals surface area (Å²) in [7, 11) is -3.88. The van der Waals surface area contributed by atoms with Crippen LogP contribution in [-0.2, 0) is 10.0 Å². The van der Waals surface area contributed by atoms with E-state index in [-0.39, 0.29) is 25.6 Å². The van der Waals surface area contributed by atoms with Crippen LogP contribution in [0.2, 0.25) is 10.0 Å². The Morgan fingerprint density at radius 1 is 1.24 bits per heavy atom. The van der Waals surface area contributed by atoms with Gasteiger partial charge in [-0.25, -0.2) is 8.42 Å². The molecule has 0 bridgehead atoms. The molecule has 0 spiro atoms. The lowest BCUT2D eigenvalue weighted by molar-refractivity contribution is -0.384. The van der Waals surface area contributed by atoms with Crippen molar-refractivity contribution in [1.29, 1.82) is 0 Å². The van der Waals surface area contributed by atoms with E-state index < -0.39 is 14.9 Å². The summed E-state index contributed by atoms with van der Waals surface area (Å²) in [4.78, 5) is 10.1. The van der Waals surface area contributed by atoms with Crippen LogP contribution in [0.25, 0.3) is 0 Å². The van der Waals surface area contributed by atoms with Gasteiger partial charge in [0.15, 0.2) is 0 Å². The Balaban J connectivity index is 2.37. The molecular weight excluding hydrogens is 427 g/mol. The lowest BCUT2D eigenvalue weighted by atomic mass is 10.3. The highest BCUT2D eigenvalue weighted by molar-refractivity contribution is 9.11. The summed E-state index contributed by atoms with van der Waals surface area (Å²) in [6.07, 6.45) is 0. The Morgan fingerprint density at radius 3 is 2.43 bits per heavy atom. The Bertz CT molecular complexity index is 803. The van der Waals surface area contributed by atoms with E-state index in [4.69, 9.17) is 23.2 Å². The Kier molecular flexibility index (Phi) is 4.79. The Hall–Kier alpha value is -0.870. The lowest BCUT2D eigenvalue weighted by Crippen LogP contribution is -2.11. The maximum atomic E-state index is 12.2. The topological polar surface area (TPSA) is 89.3 Å². The second-order valence-electron chi connectivity index (χ2n) is 3.72. The van der Waals surface area contributed by atoms with Gasteiger partial charge in [0.25, 0.3) is 15.7 Å². The van der Waals surface area contributed by atoms with E-state index in [1.165, 1.54) is 18.2 Å². The number of nitro groups is 1. The summed E-state index contributed by atoms with van der Waals surface area (Å²) in [6, 6.07) is 4.90. The van der Waals surface area contributed by atoms with Crippen LogP contribution in [-0.4, -0.2) is 13.3 Å². The van der Waals surface area contributed by atoms with Gasteiger partial charge >= 0.3 is 0 Å². The molecule has 6 nitrogen and oxygen atoms in total. The first-order chi connectivity index (χ1) is 9.70. The fourth-order valence-corrected chi connectivity index (χ4v) is 5.02. The third-order valence-corrected chi connectivity index (χ3v) is 6.93. The third kappa shape index (κ3) is 3.67. The van der Waals surface area contributed by atoms with E-state index in [1.807, 2.05) is 0 Å². The number of hydrogen-bond acceptors (Lipinski definition) is 5. The van der Waals surface area contributed by atoms with Gasteiger partial charge in [0.2, 0.25) is 0 Å². The smallest absolute Gasteiger partial charge is 0.279 e. The third-order valence-electron chi connectivity index (χ3n) is 2.28. The van der Waals surface area contributed by atoms with E-state index in [1.54, 1.807) is 0 Å². The Labute approximate surface area is 142 Å². The molecule has 0 saturated heterocycles. The van der Waals surface area contributed by atoms with Crippen LogP contribution in [0.5, 0.6) is 0 Å². The van der Waals surface area contributed by atoms with Gasteiger partial charge in [0.05, 0.1) is 19.4 Å². The molecule has 11 heteroatoms. The van der Waals surface area contributed by atoms with E-state index in [2.05, 4.69) is 20.7 Å². The summed E-state index contributed by atoms with van der Waals surface area (Å²) in [5.41, 5.74) is -0.353. The van der Waals surface area contributed by atoms with Crippen molar-refractivity contribution < 1.29 is 13.3 Å². The molecule has 2 rings (SSSR count). The van der Waals surface area contributed by atoms with Gasteiger partial charge in [0.1, 0.15) is 9.23 Å². The van der Waals surface area contributed by atoms with E-state index in [9.17, 15) is 18.5 Å². The molecule has 0 amide bonds. The molecule has 0 unspecified atom stereocenters. The van der Waals surface area contributed by atoms with Crippen LogP contribution >= 0.6 is 50.5 Å². The van der Waals surface area contributed by atoms with Gasteiger partial charge in [-0.2, -0.15) is 0 Å². The molecule has 1 aromatic heterocycles. The number of sulfonamides is 1. The highest BCUT2D eigenvalue weighted by Crippen LogP contribution is 2.36. The molecule has 1 heterocycles. The summed E-state index contributed by atoms with van der Waals surface area (Å²) in [5.74, 6) is 0. The van der Waals surface area contributed by atoms with Crippen LogP contribution < -0.4 is 4.72 Å². The highest BCUT2D eigenvalue weighted by atomic mass is 79.9. The van der Waals surface area contributed by atoms with Crippen molar-refractivity contribution in [2.75, 3.05) is 4.72 Å². The zero-order valence-electron chi connectivity index (χ0n) is 9.84. The minimum atomic E-state index is -3.88. The summed E-state index contributed by atoms with van der Waals surface area (Å²) >= 11 is 15.5. The number of anilines is 1. The number of thiophene rings is 1. The fourth-order valence-electron chi connectivity index (χ4n) is 1.38. The second-order valence-corrected chi connectivity index (χ2v) is 8.81. The van der Waals surface area contributed by atoms with Crippen molar-refractivity contribution in [3.05, 3.63) is 48.2 Å². The fraction of sp³-hybridized carbons (Fsp3) is 0. The number of nitrogens with one attached hydrogen (secondary N) is 1. The SMILES string of the molecule is O=[N+]([O-])c1cc(NS(=O)(=O)c2cc(Cl)c(Br)s2)ccc1Cl. The molecule has 0 fully saturated rings. The average molecular weight is 432 g/mol. The minimum Gasteiger partial charge on any atom is -0.279 e. The molecule has 0 saturated carbocycles. The molecular formula is C10H5BrCl2N2O4S2. The van der Waals surface area contributed by atoms with Gasteiger partial charge in [0, 0.05) is 6.07 Å². The standard InChI is InChI=1S/C10H5BrCl2N2O4S2/c11-10-7(13)4-9(20-10)21(18,19)14-5-1-2-6(12)8(3-5)15(16)17/h1-4,14H. The van der Waals surface area contributed by atoms with E-state index in [0.29, 0.717) is 3.79 Å². The first kappa shape index (κ1) is 16.5. The maximum Gasteiger partial charge on any atom is 0.289 e. The highest BCUT2D eigenvalue weighted by Gasteiger charge is 2.21. The van der Waals surface area contributed by atoms with Gasteiger partial charge in [-0.15, -0.1) is 11.3 Å². The van der Waals surface area contributed by atoms with Crippen LogP contribution in [0.4, 0.5) is 11.4 Å². The van der Waals surface area contributed by atoms with Crippen molar-refractivity contribution in [2.45, 2.75) is 4.21 Å². The average Bonchev–Trinajstić information content (AvgIpc) is 2.72. The van der Waals surface area contributed by atoms with Crippen LogP contribution in [0, 0.1) is 10.1 Å². The predicted molar refractivity (Wildman–Crippen MR) is 85.9 cm³/mol. The first-order valence-electron chi connectivity index (χ1n) is 5.12. The van der Waals surface area contributed by atoms with Crippen molar-refractivity contribution in [2.24, 2.45) is 0 Å². The van der Waals surface area contributed by atoms with Crippen LogP contribution in [0.1, 0.15) is 0 Å². The first-order valence-corrected chi connectivity index (χ1v) is 8.97. The van der Waals surface area contributed by atoms with Gasteiger partial charge < -0.3 is 0 Å². The monoisotopic (exact) mass is 430 g/mol. The predicted octanol–water partition coefficient (Wildman–Crippen LogP) is 4.53. The molecule has 2 aromatic rings. The number of nitro benzene ring substituents is 1. The molecule has 0 aliphatic rings. The zero-order valence-corrected chi connectivity index (χ0v) is 14.6. The largest absolute Gasteiger partial charge is 0.289 e. The van der Waals surface area contributed by atoms with Gasteiger partial charge in [-0.3, -0.25) is 14.8 Å². The molecule has 0 atom stereocenters. The molecule has 21 heavy (non-hydrogen) atoms. The van der Waals surface area contributed by atoms with E-state index >= 15 is 0 Å². The number of rotatable bonds is 4. The number of nitrogens with zero attached hydrogens (tertiary/aromatic N) is 1. The molecule has 0 aliphatic heterocycles. The van der Waals surface area contributed by atoms with Crippen LogP contribution in [0.3, 0.4) is 0 Å². The van der Waals surface area contributed by atoms with Crippen LogP contribution in [0.15, 0.2) is 32.3 Å². The molecule has 1 aromatic carbocycles. The van der Waals surface area contributed by atoms with Gasteiger partial charge in [-0.1, -0.05) is 23.2 Å². The zero-order chi connectivity index (χ0) is 15.8. The number of halogens is 3. The summed E-state index contributed by atoms with van der Waals surface area (Å²) in [5, 5.41) is 11.0. The molecule has 1 N–H and O–H groups in total. The maximum absolute atomic E-state index is 12.2. The summed E-state index contributed by atoms with van der Waals surface area (Å²) in [6.45, 7) is 0. The van der Waals surface area contributed by atoms with Crippen molar-refractivity contribution >= 4 is 71.9 Å². The molecule has 112 valence electrons. The van der Waals surface area contributed by atoms with E-state index in [0.717, 1.165) is 17.4 Å². The van der Waals surface area contributed by atoms with Crippen molar-refractivity contribution in [3.63, 3.8) is 0 Å². The quantitative estimate of drug-likeness (QED) is 0.568. The number of hydrogen-bond donors (Lipinski definition) is 1. The summed E-state index contributed by atoms with van der Waals surface area (Å²) < 4.78 is 27.0. The molecule has 0 radical (unpaired) electrons. The van der Waals surface area contributed by atoms with Gasteiger partial charge in [-0.05, 0) is 34.1 Å². The second kappa shape index (κ2) is 6.09. The normalized spacial score (nSPS) is 11.4. The Morgan fingerprint density at radius 2 is 1.90 bits per heavy atom. The van der Waals surface area contributed by atoms with Crippen molar-refractivity contribution in [1.82, 2.24) is 0 Å². The van der Waals surface area contributed by atoms with Crippen molar-refractivity contribution in [3.8, 4) is 0 Å².